The van der Waals surface area contributed by atoms with Gasteiger partial charge in [0, 0.05) is 23.9 Å². The molecule has 0 heterocycles. The van der Waals surface area contributed by atoms with E-state index in [0.29, 0.717) is 22.7 Å². The van der Waals surface area contributed by atoms with Crippen LogP contribution in [0.2, 0.25) is 0 Å². The van der Waals surface area contributed by atoms with Gasteiger partial charge in [-0.05, 0) is 48.5 Å². The van der Waals surface area contributed by atoms with E-state index in [0.717, 1.165) is 0 Å². The number of nitrogen functional groups attached to an aromatic ring is 1. The molecule has 0 spiro atoms. The van der Waals surface area contributed by atoms with Gasteiger partial charge in [0.25, 0.3) is 0 Å². The van der Waals surface area contributed by atoms with Crippen LogP contribution >= 0.6 is 0 Å². The molecule has 0 aromatic heterocycles. The van der Waals surface area contributed by atoms with Gasteiger partial charge in [-0.15, -0.1) is 0 Å². The molecule has 0 saturated heterocycles. The minimum Gasteiger partial charge on any atom is -0.485 e. The second-order valence-corrected chi connectivity index (χ2v) is 4.54. The van der Waals surface area contributed by atoms with Gasteiger partial charge in [0.15, 0.2) is 12.4 Å². The van der Waals surface area contributed by atoms with Gasteiger partial charge < -0.3 is 15.8 Å². The van der Waals surface area contributed by atoms with Crippen LogP contribution in [0.3, 0.4) is 0 Å². The summed E-state index contributed by atoms with van der Waals surface area (Å²) in [5.41, 5.74) is 7.39. The second kappa shape index (κ2) is 6.56. The fourth-order valence-corrected chi connectivity index (χ4v) is 1.74. The first-order chi connectivity index (χ1) is 10.0. The van der Waals surface area contributed by atoms with Crippen molar-refractivity contribution in [2.24, 2.45) is 0 Å². The first-order valence-corrected chi connectivity index (χ1v) is 6.44. The molecule has 0 bridgehead atoms. The molecular weight excluding hydrogens is 268 g/mol. The summed E-state index contributed by atoms with van der Waals surface area (Å²) in [6, 6.07) is 13.5. The molecule has 108 valence electrons. The van der Waals surface area contributed by atoms with Crippen molar-refractivity contribution in [2.45, 2.75) is 6.92 Å². The Morgan fingerprint density at radius 1 is 1.05 bits per heavy atom. The highest BCUT2D eigenvalue weighted by Gasteiger charge is 2.07. The number of nitrogens with two attached hydrogens (primary N) is 1. The highest BCUT2D eigenvalue weighted by molar-refractivity contribution is 5.98. The third kappa shape index (κ3) is 4.35. The number of nitrogens with one attached hydrogen (secondary N) is 1. The van der Waals surface area contributed by atoms with Crippen molar-refractivity contribution < 1.29 is 14.3 Å². The number of ketones is 1. The van der Waals surface area contributed by atoms with E-state index in [1.165, 1.54) is 6.92 Å². The van der Waals surface area contributed by atoms with Crippen molar-refractivity contribution in [2.75, 3.05) is 17.7 Å². The van der Waals surface area contributed by atoms with E-state index in [1.807, 2.05) is 0 Å². The van der Waals surface area contributed by atoms with E-state index in [9.17, 15) is 9.59 Å². The number of benzene rings is 2. The number of hydrogen-bond donors (Lipinski definition) is 2. The zero-order valence-electron chi connectivity index (χ0n) is 11.6. The molecule has 0 aliphatic heterocycles. The molecule has 5 nitrogen and oxygen atoms in total. The molecule has 2 aromatic rings. The van der Waals surface area contributed by atoms with Crippen LogP contribution in [0.5, 0.6) is 5.75 Å². The summed E-state index contributed by atoms with van der Waals surface area (Å²) in [6.07, 6.45) is 0. The summed E-state index contributed by atoms with van der Waals surface area (Å²) in [6.45, 7) is 1.38. The van der Waals surface area contributed by atoms with Crippen LogP contribution in [-0.2, 0) is 4.79 Å². The zero-order valence-corrected chi connectivity index (χ0v) is 11.6. The van der Waals surface area contributed by atoms with E-state index in [4.69, 9.17) is 10.5 Å². The van der Waals surface area contributed by atoms with Crippen molar-refractivity contribution in [1.82, 2.24) is 0 Å². The first-order valence-electron chi connectivity index (χ1n) is 6.44. The quantitative estimate of drug-likeness (QED) is 0.653. The summed E-state index contributed by atoms with van der Waals surface area (Å²) in [5, 5.41) is 2.64. The Kier molecular flexibility index (Phi) is 4.56. The van der Waals surface area contributed by atoms with Crippen LogP contribution < -0.4 is 15.8 Å². The molecule has 0 aliphatic rings. The Balaban J connectivity index is 1.93. The molecule has 5 heteroatoms. The van der Waals surface area contributed by atoms with Crippen LogP contribution in [0.15, 0.2) is 48.5 Å². The Morgan fingerprint density at radius 3 is 2.24 bits per heavy atom. The molecule has 0 saturated carbocycles. The van der Waals surface area contributed by atoms with E-state index >= 15 is 0 Å². The van der Waals surface area contributed by atoms with Gasteiger partial charge >= 0.3 is 0 Å². The van der Waals surface area contributed by atoms with Crippen molar-refractivity contribution >= 4 is 23.1 Å². The van der Waals surface area contributed by atoms with Crippen LogP contribution in [0.25, 0.3) is 0 Å². The molecule has 0 radical (unpaired) electrons. The number of rotatable bonds is 5. The fraction of sp³-hybridized carbons (Fsp3) is 0.125. The van der Waals surface area contributed by atoms with Gasteiger partial charge in [0.1, 0.15) is 5.75 Å². The summed E-state index contributed by atoms with van der Waals surface area (Å²) in [4.78, 5) is 22.9. The maximum atomic E-state index is 12.0. The number of ether oxygens (including phenoxy) is 1. The van der Waals surface area contributed by atoms with E-state index in [-0.39, 0.29) is 18.3 Å². The molecule has 0 unspecified atom stereocenters. The van der Waals surface area contributed by atoms with Crippen LogP contribution in [-0.4, -0.2) is 18.3 Å². The lowest BCUT2D eigenvalue weighted by molar-refractivity contribution is -0.114. The minimum atomic E-state index is -0.152. The molecule has 2 aromatic carbocycles. The van der Waals surface area contributed by atoms with Crippen molar-refractivity contribution in [1.29, 1.82) is 0 Å². The molecule has 21 heavy (non-hydrogen) atoms. The second-order valence-electron chi connectivity index (χ2n) is 4.54. The maximum Gasteiger partial charge on any atom is 0.221 e. The molecule has 2 rings (SSSR count). The third-order valence-electron chi connectivity index (χ3n) is 2.78. The number of hydrogen-bond acceptors (Lipinski definition) is 4. The average molecular weight is 284 g/mol. The highest BCUT2D eigenvalue weighted by Crippen LogP contribution is 2.14. The summed E-state index contributed by atoms with van der Waals surface area (Å²) >= 11 is 0. The summed E-state index contributed by atoms with van der Waals surface area (Å²) < 4.78 is 5.40. The van der Waals surface area contributed by atoms with Crippen molar-refractivity contribution in [3.05, 3.63) is 54.1 Å². The van der Waals surface area contributed by atoms with Crippen molar-refractivity contribution in [3.8, 4) is 5.75 Å². The van der Waals surface area contributed by atoms with Gasteiger partial charge in [-0.1, -0.05) is 0 Å². The Morgan fingerprint density at radius 2 is 1.67 bits per heavy atom. The molecule has 1 amide bonds. The lowest BCUT2D eigenvalue weighted by Crippen LogP contribution is -2.12. The number of Topliss-reactive ketones (excluding diaryl/α,β-unsaturated/α-hetero) is 1. The topological polar surface area (TPSA) is 81.4 Å². The SMILES string of the molecule is CC(=O)Nc1ccc(C(=O)COc2ccc(N)cc2)cc1. The van der Waals surface area contributed by atoms with E-state index in [1.54, 1.807) is 48.5 Å². The summed E-state index contributed by atoms with van der Waals surface area (Å²) in [5.74, 6) is 0.300. The molecule has 0 aliphatic carbocycles. The summed E-state index contributed by atoms with van der Waals surface area (Å²) in [7, 11) is 0. The zero-order chi connectivity index (χ0) is 15.2. The van der Waals surface area contributed by atoms with E-state index in [2.05, 4.69) is 5.32 Å². The molecule has 0 atom stereocenters. The number of amides is 1. The molecular formula is C16H16N2O3. The van der Waals surface area contributed by atoms with Gasteiger partial charge in [-0.25, -0.2) is 0 Å². The number of carbonyl (C=O) groups is 2. The van der Waals surface area contributed by atoms with Crippen LogP contribution in [0, 0.1) is 0 Å². The predicted molar refractivity (Wildman–Crippen MR) is 81.4 cm³/mol. The van der Waals surface area contributed by atoms with Gasteiger partial charge in [-0.3, -0.25) is 9.59 Å². The Bertz CT molecular complexity index is 634. The number of anilines is 2. The van der Waals surface area contributed by atoms with Gasteiger partial charge in [0.2, 0.25) is 5.91 Å². The average Bonchev–Trinajstić information content (AvgIpc) is 2.46. The predicted octanol–water partition coefficient (Wildman–Crippen LogP) is 2.49. The maximum absolute atomic E-state index is 12.0. The van der Waals surface area contributed by atoms with Crippen LogP contribution in [0.1, 0.15) is 17.3 Å². The molecule has 3 N–H and O–H groups in total. The Hall–Kier alpha value is -2.82. The molecule has 0 fully saturated rings. The Labute approximate surface area is 122 Å². The van der Waals surface area contributed by atoms with Gasteiger partial charge in [0.05, 0.1) is 0 Å². The fourth-order valence-electron chi connectivity index (χ4n) is 1.74. The highest BCUT2D eigenvalue weighted by atomic mass is 16.5. The van der Waals surface area contributed by atoms with Crippen molar-refractivity contribution in [3.63, 3.8) is 0 Å². The monoisotopic (exact) mass is 284 g/mol. The van der Waals surface area contributed by atoms with E-state index < -0.39 is 0 Å². The largest absolute Gasteiger partial charge is 0.485 e. The first kappa shape index (κ1) is 14.6. The smallest absolute Gasteiger partial charge is 0.221 e. The standard InChI is InChI=1S/C16H16N2O3/c1-11(19)18-14-6-2-12(3-7-14)16(20)10-21-15-8-4-13(17)5-9-15/h2-9H,10,17H2,1H3,(H,18,19). The van der Waals surface area contributed by atoms with Gasteiger partial charge in [-0.2, -0.15) is 0 Å². The minimum absolute atomic E-state index is 0.0522. The third-order valence-corrected chi connectivity index (χ3v) is 2.78. The number of carbonyl (C=O) groups excluding carboxylic acids is 2. The lowest BCUT2D eigenvalue weighted by atomic mass is 10.1. The normalized spacial score (nSPS) is 9.95. The van der Waals surface area contributed by atoms with Crippen LogP contribution in [0.4, 0.5) is 11.4 Å². The lowest BCUT2D eigenvalue weighted by Gasteiger charge is -2.07.